The van der Waals surface area contributed by atoms with Crippen LogP contribution in [0.1, 0.15) is 44.8 Å². The first-order chi connectivity index (χ1) is 14.2. The lowest BCUT2D eigenvalue weighted by Crippen LogP contribution is -2.32. The predicted molar refractivity (Wildman–Crippen MR) is 108 cm³/mol. The minimum Gasteiger partial charge on any atom is -0.388 e. The molecule has 4 atom stereocenters. The molecule has 0 bridgehead atoms. The highest BCUT2D eigenvalue weighted by molar-refractivity contribution is 7.51. The average Bonchev–Trinajstić information content (AvgIpc) is 3.37. The molecular formula is C17H25ClN5O6P. The van der Waals surface area contributed by atoms with Crippen LogP contribution < -0.4 is 5.32 Å². The Kier molecular flexibility index (Phi) is 6.32. The van der Waals surface area contributed by atoms with Gasteiger partial charge in [-0.3, -0.25) is 4.57 Å². The Morgan fingerprint density at radius 3 is 2.67 bits per heavy atom. The molecule has 2 fully saturated rings. The molecule has 0 amide bonds. The minimum absolute atomic E-state index is 0.0241. The van der Waals surface area contributed by atoms with Crippen molar-refractivity contribution in [2.24, 2.45) is 0 Å². The monoisotopic (exact) mass is 461 g/mol. The fourth-order valence-corrected chi connectivity index (χ4v) is 4.89. The lowest BCUT2D eigenvalue weighted by atomic mass is 10.1. The SMILES string of the molecule is O=P(O)(O)CCC[C@H]1O[C@@H](n2ncc3c(NC4CCCC4)nc(Cl)nc32)[C@H](O)[C@@H]1O. The van der Waals surface area contributed by atoms with Crippen molar-refractivity contribution in [2.45, 2.75) is 69.1 Å². The molecule has 0 aromatic carbocycles. The maximum absolute atomic E-state index is 11.0. The molecule has 3 heterocycles. The molecule has 1 aliphatic carbocycles. The van der Waals surface area contributed by atoms with E-state index < -0.39 is 32.1 Å². The largest absolute Gasteiger partial charge is 0.388 e. The second-order valence-electron chi connectivity index (χ2n) is 7.87. The van der Waals surface area contributed by atoms with E-state index in [0.29, 0.717) is 22.9 Å². The first-order valence-electron chi connectivity index (χ1n) is 9.96. The number of aromatic nitrogens is 4. The van der Waals surface area contributed by atoms with Crippen LogP contribution >= 0.6 is 19.2 Å². The summed E-state index contributed by atoms with van der Waals surface area (Å²) in [5, 5.41) is 29.2. The van der Waals surface area contributed by atoms with Crippen LogP contribution in [0.5, 0.6) is 0 Å². The van der Waals surface area contributed by atoms with Crippen LogP contribution in [0.4, 0.5) is 5.82 Å². The molecule has 1 saturated heterocycles. The van der Waals surface area contributed by atoms with E-state index in [-0.39, 0.29) is 24.3 Å². The van der Waals surface area contributed by atoms with Crippen molar-refractivity contribution in [3.63, 3.8) is 0 Å². The standard InChI is InChI=1S/C17H25ClN5O6P/c18-17-21-14(20-9-4-1-2-5-9)10-8-19-23(15(10)22-17)16-13(25)12(24)11(29-16)6-3-7-30(26,27)28/h8-9,11-13,16,24-25H,1-7H2,(H,20,21,22)(H2,26,27,28)/t11-,12-,13-,16-/m1/s1. The number of halogens is 1. The molecule has 1 aliphatic heterocycles. The van der Waals surface area contributed by atoms with Crippen LogP contribution in [0.15, 0.2) is 6.20 Å². The zero-order valence-corrected chi connectivity index (χ0v) is 17.8. The summed E-state index contributed by atoms with van der Waals surface area (Å²) in [6.45, 7) is 0. The van der Waals surface area contributed by atoms with E-state index in [1.807, 2.05) is 0 Å². The van der Waals surface area contributed by atoms with Crippen LogP contribution in [0.3, 0.4) is 0 Å². The van der Waals surface area contributed by atoms with Gasteiger partial charge in [-0.25, -0.2) is 4.68 Å². The molecule has 0 radical (unpaired) electrons. The van der Waals surface area contributed by atoms with E-state index >= 15 is 0 Å². The van der Waals surface area contributed by atoms with Crippen LogP contribution in [0.25, 0.3) is 11.0 Å². The van der Waals surface area contributed by atoms with Crippen LogP contribution in [0.2, 0.25) is 5.28 Å². The third-order valence-electron chi connectivity index (χ3n) is 5.64. The summed E-state index contributed by atoms with van der Waals surface area (Å²) < 4.78 is 18.2. The fraction of sp³-hybridized carbons (Fsp3) is 0.706. The molecule has 30 heavy (non-hydrogen) atoms. The molecule has 0 unspecified atom stereocenters. The molecule has 5 N–H and O–H groups in total. The molecule has 2 aliphatic rings. The maximum atomic E-state index is 11.0. The Morgan fingerprint density at radius 1 is 1.23 bits per heavy atom. The Bertz CT molecular complexity index is 948. The molecule has 4 rings (SSSR count). The average molecular weight is 462 g/mol. The van der Waals surface area contributed by atoms with Gasteiger partial charge in [0.15, 0.2) is 11.9 Å². The lowest BCUT2D eigenvalue weighted by Gasteiger charge is -2.17. The summed E-state index contributed by atoms with van der Waals surface area (Å²) in [6, 6.07) is 0.302. The lowest BCUT2D eigenvalue weighted by molar-refractivity contribution is -0.0438. The molecule has 11 nitrogen and oxygen atoms in total. The Morgan fingerprint density at radius 2 is 1.97 bits per heavy atom. The van der Waals surface area contributed by atoms with Crippen LogP contribution in [0, 0.1) is 0 Å². The molecular weight excluding hydrogens is 437 g/mol. The number of nitrogens with one attached hydrogen (secondary N) is 1. The van der Waals surface area contributed by atoms with Crippen molar-refractivity contribution in [1.82, 2.24) is 19.7 Å². The summed E-state index contributed by atoms with van der Waals surface area (Å²) in [4.78, 5) is 26.5. The number of fused-ring (bicyclic) bond motifs is 1. The van der Waals surface area contributed by atoms with Gasteiger partial charge in [0.1, 0.15) is 18.0 Å². The van der Waals surface area contributed by atoms with Gasteiger partial charge < -0.3 is 30.1 Å². The Hall–Kier alpha value is -1.33. The summed E-state index contributed by atoms with van der Waals surface area (Å²) in [6.07, 6.45) is 1.67. The molecule has 1 saturated carbocycles. The van der Waals surface area contributed by atoms with Gasteiger partial charge in [0.05, 0.1) is 17.7 Å². The van der Waals surface area contributed by atoms with E-state index in [2.05, 4.69) is 20.4 Å². The third-order valence-corrected chi connectivity index (χ3v) is 6.71. The zero-order chi connectivity index (χ0) is 21.5. The van der Waals surface area contributed by atoms with Crippen molar-refractivity contribution >= 4 is 36.0 Å². The van der Waals surface area contributed by atoms with E-state index in [4.69, 9.17) is 26.1 Å². The Balaban J connectivity index is 1.55. The number of rotatable bonds is 7. The van der Waals surface area contributed by atoms with Crippen molar-refractivity contribution in [1.29, 1.82) is 0 Å². The molecule has 13 heteroatoms. The number of hydrogen-bond donors (Lipinski definition) is 5. The Labute approximate surface area is 177 Å². The van der Waals surface area contributed by atoms with Gasteiger partial charge in [-0.2, -0.15) is 15.1 Å². The summed E-state index contributed by atoms with van der Waals surface area (Å²) in [5.74, 6) is 0.564. The van der Waals surface area contributed by atoms with E-state index in [1.54, 1.807) is 6.20 Å². The number of aliphatic hydroxyl groups is 2. The number of anilines is 1. The molecule has 0 spiro atoms. The third kappa shape index (κ3) is 4.62. The van der Waals surface area contributed by atoms with Gasteiger partial charge in [-0.05, 0) is 37.3 Å². The van der Waals surface area contributed by atoms with Gasteiger partial charge in [0.2, 0.25) is 5.28 Å². The van der Waals surface area contributed by atoms with Crippen molar-refractivity contribution < 1.29 is 29.3 Å². The fourth-order valence-electron chi connectivity index (χ4n) is 4.13. The van der Waals surface area contributed by atoms with Gasteiger partial charge in [0, 0.05) is 12.2 Å². The highest BCUT2D eigenvalue weighted by Gasteiger charge is 2.44. The first-order valence-corrected chi connectivity index (χ1v) is 12.1. The van der Waals surface area contributed by atoms with E-state index in [1.165, 1.54) is 4.68 Å². The molecule has 2 aromatic rings. The highest BCUT2D eigenvalue weighted by Crippen LogP contribution is 2.38. The summed E-state index contributed by atoms with van der Waals surface area (Å²) >= 11 is 6.12. The van der Waals surface area contributed by atoms with Gasteiger partial charge in [-0.15, -0.1) is 0 Å². The van der Waals surface area contributed by atoms with Crippen molar-refractivity contribution in [3.8, 4) is 0 Å². The molecule has 166 valence electrons. The van der Waals surface area contributed by atoms with Gasteiger partial charge >= 0.3 is 7.60 Å². The van der Waals surface area contributed by atoms with Crippen LogP contribution in [-0.4, -0.2) is 70.3 Å². The van der Waals surface area contributed by atoms with Gasteiger partial charge in [-0.1, -0.05) is 12.8 Å². The normalized spacial score (nSPS) is 27.9. The second kappa shape index (κ2) is 8.66. The number of aliphatic hydroxyl groups excluding tert-OH is 2. The quantitative estimate of drug-likeness (QED) is 0.301. The summed E-state index contributed by atoms with van der Waals surface area (Å²) in [5.41, 5.74) is 0.364. The molecule has 2 aromatic heterocycles. The second-order valence-corrected chi connectivity index (χ2v) is 9.98. The summed E-state index contributed by atoms with van der Waals surface area (Å²) in [7, 11) is -4.13. The maximum Gasteiger partial charge on any atom is 0.325 e. The zero-order valence-electron chi connectivity index (χ0n) is 16.1. The van der Waals surface area contributed by atoms with Crippen molar-refractivity contribution in [2.75, 3.05) is 11.5 Å². The highest BCUT2D eigenvalue weighted by atomic mass is 35.5. The van der Waals surface area contributed by atoms with Gasteiger partial charge in [0.25, 0.3) is 0 Å². The topological polar surface area (TPSA) is 163 Å². The van der Waals surface area contributed by atoms with Crippen LogP contribution in [-0.2, 0) is 9.30 Å². The van der Waals surface area contributed by atoms with E-state index in [9.17, 15) is 14.8 Å². The number of hydrogen-bond acceptors (Lipinski definition) is 8. The number of ether oxygens (including phenoxy) is 1. The number of nitrogens with zero attached hydrogens (tertiary/aromatic N) is 4. The van der Waals surface area contributed by atoms with Crippen molar-refractivity contribution in [3.05, 3.63) is 11.5 Å². The minimum atomic E-state index is -4.13. The first kappa shape index (κ1) is 21.9. The van der Waals surface area contributed by atoms with E-state index in [0.717, 1.165) is 25.7 Å². The smallest absolute Gasteiger partial charge is 0.325 e. The predicted octanol–water partition coefficient (Wildman–Crippen LogP) is 1.41.